The maximum absolute atomic E-state index is 12.3. The molecule has 1 amide bonds. The van der Waals surface area contributed by atoms with Crippen LogP contribution < -0.4 is 11.1 Å². The molecule has 20 heavy (non-hydrogen) atoms. The summed E-state index contributed by atoms with van der Waals surface area (Å²) in [4.78, 5) is 17.0. The van der Waals surface area contributed by atoms with Gasteiger partial charge in [0.05, 0.1) is 10.4 Å². The minimum absolute atomic E-state index is 0.202. The highest BCUT2D eigenvalue weighted by Crippen LogP contribution is 2.32. The Morgan fingerprint density at radius 1 is 1.25 bits per heavy atom. The molecular weight excluding hydrogens is 385 g/mol. The number of pyridine rings is 1. The summed E-state index contributed by atoms with van der Waals surface area (Å²) in [7, 11) is 0. The third kappa shape index (κ3) is 2.48. The standard InChI is InChI=1S/C14H10IN3OS/c15-8-3-5-9(6-4-8)18-14(19)13-11(16)12-10(20-13)2-1-7-17-12/h1-7H,16H2,(H,18,19). The van der Waals surface area contributed by atoms with Crippen LogP contribution in [0.15, 0.2) is 42.6 Å². The van der Waals surface area contributed by atoms with Gasteiger partial charge in [0.1, 0.15) is 10.4 Å². The summed E-state index contributed by atoms with van der Waals surface area (Å²) in [5, 5.41) is 2.85. The fourth-order valence-corrected chi connectivity index (χ4v) is 3.17. The molecule has 0 aliphatic rings. The molecule has 0 fully saturated rings. The number of hydrogen-bond donors (Lipinski definition) is 2. The summed E-state index contributed by atoms with van der Waals surface area (Å²) in [6.45, 7) is 0. The van der Waals surface area contributed by atoms with Gasteiger partial charge < -0.3 is 11.1 Å². The van der Waals surface area contributed by atoms with E-state index in [2.05, 4.69) is 32.9 Å². The van der Waals surface area contributed by atoms with Crippen LogP contribution in [0.4, 0.5) is 11.4 Å². The lowest BCUT2D eigenvalue weighted by Crippen LogP contribution is -2.11. The molecule has 0 atom stereocenters. The van der Waals surface area contributed by atoms with Crippen molar-refractivity contribution in [2.45, 2.75) is 0 Å². The minimum Gasteiger partial charge on any atom is -0.396 e. The summed E-state index contributed by atoms with van der Waals surface area (Å²) in [6.07, 6.45) is 1.67. The molecule has 6 heteroatoms. The number of carbonyl (C=O) groups excluding carboxylic acids is 1. The number of nitrogens with one attached hydrogen (secondary N) is 1. The second-order valence-corrected chi connectivity index (χ2v) is 6.45. The SMILES string of the molecule is Nc1c(C(=O)Nc2ccc(I)cc2)sc2cccnc12. The van der Waals surface area contributed by atoms with Crippen molar-refractivity contribution in [3.63, 3.8) is 0 Å². The molecule has 4 nitrogen and oxygen atoms in total. The summed E-state index contributed by atoms with van der Waals surface area (Å²) < 4.78 is 2.03. The van der Waals surface area contributed by atoms with Crippen LogP contribution in [0.25, 0.3) is 10.2 Å². The van der Waals surface area contributed by atoms with Crippen LogP contribution in [0.5, 0.6) is 0 Å². The lowest BCUT2D eigenvalue weighted by Gasteiger charge is -2.04. The Bertz CT molecular complexity index is 783. The summed E-state index contributed by atoms with van der Waals surface area (Å²) >= 11 is 3.57. The number of thiophene rings is 1. The number of hydrogen-bond acceptors (Lipinski definition) is 4. The van der Waals surface area contributed by atoms with Gasteiger partial charge in [0.2, 0.25) is 0 Å². The minimum atomic E-state index is -0.202. The Kier molecular flexibility index (Phi) is 3.58. The molecule has 0 spiro atoms. The molecule has 1 aromatic carbocycles. The molecule has 0 unspecified atom stereocenters. The second kappa shape index (κ2) is 5.37. The lowest BCUT2D eigenvalue weighted by molar-refractivity contribution is 0.103. The molecular formula is C14H10IN3OS. The summed E-state index contributed by atoms with van der Waals surface area (Å²) in [5.74, 6) is -0.202. The normalized spacial score (nSPS) is 10.7. The maximum atomic E-state index is 12.3. The second-order valence-electron chi connectivity index (χ2n) is 4.16. The molecule has 0 saturated carbocycles. The van der Waals surface area contributed by atoms with E-state index in [0.717, 1.165) is 14.0 Å². The van der Waals surface area contributed by atoms with Gasteiger partial charge in [0, 0.05) is 15.5 Å². The van der Waals surface area contributed by atoms with Crippen molar-refractivity contribution in [3.05, 3.63) is 51.0 Å². The molecule has 0 aliphatic carbocycles. The van der Waals surface area contributed by atoms with Crippen LogP contribution in [-0.2, 0) is 0 Å². The van der Waals surface area contributed by atoms with Crippen molar-refractivity contribution >= 4 is 61.4 Å². The molecule has 2 heterocycles. The quantitative estimate of drug-likeness (QED) is 0.650. The van der Waals surface area contributed by atoms with Crippen molar-refractivity contribution in [1.82, 2.24) is 4.98 Å². The van der Waals surface area contributed by atoms with Gasteiger partial charge in [-0.05, 0) is 59.0 Å². The first kappa shape index (κ1) is 13.3. The molecule has 0 saturated heterocycles. The highest BCUT2D eigenvalue weighted by atomic mass is 127. The van der Waals surface area contributed by atoms with Crippen LogP contribution in [0.1, 0.15) is 9.67 Å². The van der Waals surface area contributed by atoms with Crippen LogP contribution >= 0.6 is 33.9 Å². The lowest BCUT2D eigenvalue weighted by atomic mass is 10.3. The third-order valence-electron chi connectivity index (χ3n) is 2.79. The molecule has 3 aromatic rings. The van der Waals surface area contributed by atoms with E-state index in [4.69, 9.17) is 5.73 Å². The van der Waals surface area contributed by atoms with Gasteiger partial charge in [-0.1, -0.05) is 0 Å². The number of benzene rings is 1. The Morgan fingerprint density at radius 2 is 2.00 bits per heavy atom. The van der Waals surface area contributed by atoms with E-state index in [1.54, 1.807) is 6.20 Å². The van der Waals surface area contributed by atoms with Crippen molar-refractivity contribution < 1.29 is 4.79 Å². The Morgan fingerprint density at radius 3 is 2.70 bits per heavy atom. The number of rotatable bonds is 2. The third-order valence-corrected chi connectivity index (χ3v) is 4.67. The fraction of sp³-hybridized carbons (Fsp3) is 0. The zero-order valence-corrected chi connectivity index (χ0v) is 13.2. The first-order valence-corrected chi connectivity index (χ1v) is 7.74. The number of nitrogen functional groups attached to an aromatic ring is 1. The number of aromatic nitrogens is 1. The molecule has 2 aromatic heterocycles. The summed E-state index contributed by atoms with van der Waals surface area (Å²) in [5.41, 5.74) is 7.88. The predicted octanol–water partition coefficient (Wildman–Crippen LogP) is 3.74. The molecule has 0 bridgehead atoms. The number of nitrogens with two attached hydrogens (primary N) is 1. The van der Waals surface area contributed by atoms with Crippen LogP contribution in [0, 0.1) is 3.57 Å². The highest BCUT2D eigenvalue weighted by Gasteiger charge is 2.17. The van der Waals surface area contributed by atoms with Gasteiger partial charge in [-0.3, -0.25) is 9.78 Å². The number of anilines is 2. The van der Waals surface area contributed by atoms with Crippen LogP contribution in [0.2, 0.25) is 0 Å². The van der Waals surface area contributed by atoms with E-state index in [9.17, 15) is 4.79 Å². The van der Waals surface area contributed by atoms with E-state index in [0.29, 0.717) is 16.1 Å². The van der Waals surface area contributed by atoms with E-state index in [1.807, 2.05) is 36.4 Å². The average Bonchev–Trinajstić information content (AvgIpc) is 2.79. The first-order chi connectivity index (χ1) is 9.65. The Balaban J connectivity index is 1.92. The predicted molar refractivity (Wildman–Crippen MR) is 91.1 cm³/mol. The zero-order valence-electron chi connectivity index (χ0n) is 10.3. The van der Waals surface area contributed by atoms with E-state index >= 15 is 0 Å². The van der Waals surface area contributed by atoms with E-state index in [1.165, 1.54) is 11.3 Å². The van der Waals surface area contributed by atoms with Gasteiger partial charge in [0.15, 0.2) is 0 Å². The van der Waals surface area contributed by atoms with Crippen molar-refractivity contribution in [1.29, 1.82) is 0 Å². The van der Waals surface area contributed by atoms with Crippen molar-refractivity contribution in [2.75, 3.05) is 11.1 Å². The van der Waals surface area contributed by atoms with Crippen LogP contribution in [-0.4, -0.2) is 10.9 Å². The molecule has 3 rings (SSSR count). The van der Waals surface area contributed by atoms with Crippen molar-refractivity contribution in [2.24, 2.45) is 0 Å². The monoisotopic (exact) mass is 395 g/mol. The van der Waals surface area contributed by atoms with Gasteiger partial charge >= 0.3 is 0 Å². The Hall–Kier alpha value is -1.67. The van der Waals surface area contributed by atoms with Gasteiger partial charge in [-0.2, -0.15) is 0 Å². The van der Waals surface area contributed by atoms with E-state index < -0.39 is 0 Å². The van der Waals surface area contributed by atoms with Gasteiger partial charge in [-0.15, -0.1) is 11.3 Å². The number of fused-ring (bicyclic) bond motifs is 1. The zero-order chi connectivity index (χ0) is 14.1. The number of carbonyl (C=O) groups is 1. The van der Waals surface area contributed by atoms with Crippen LogP contribution in [0.3, 0.4) is 0 Å². The fourth-order valence-electron chi connectivity index (χ4n) is 1.84. The number of amides is 1. The average molecular weight is 395 g/mol. The number of nitrogens with zero attached hydrogens (tertiary/aromatic N) is 1. The first-order valence-electron chi connectivity index (χ1n) is 5.85. The van der Waals surface area contributed by atoms with Gasteiger partial charge in [-0.25, -0.2) is 0 Å². The molecule has 100 valence electrons. The topological polar surface area (TPSA) is 68.0 Å². The molecule has 3 N–H and O–H groups in total. The smallest absolute Gasteiger partial charge is 0.267 e. The maximum Gasteiger partial charge on any atom is 0.267 e. The summed E-state index contributed by atoms with van der Waals surface area (Å²) in [6, 6.07) is 11.3. The number of halogens is 1. The van der Waals surface area contributed by atoms with E-state index in [-0.39, 0.29) is 5.91 Å². The van der Waals surface area contributed by atoms with Gasteiger partial charge in [0.25, 0.3) is 5.91 Å². The Labute approximate surface area is 133 Å². The molecule has 0 aliphatic heterocycles. The highest BCUT2D eigenvalue weighted by molar-refractivity contribution is 14.1. The largest absolute Gasteiger partial charge is 0.396 e. The van der Waals surface area contributed by atoms with Crippen molar-refractivity contribution in [3.8, 4) is 0 Å². The molecule has 0 radical (unpaired) electrons.